The van der Waals surface area contributed by atoms with Crippen molar-refractivity contribution in [2.45, 2.75) is 83.3 Å². The normalized spacial score (nSPS) is 19.1. The number of rotatable bonds is 44. The van der Waals surface area contributed by atoms with Crippen LogP contribution in [0.2, 0.25) is 0 Å². The van der Waals surface area contributed by atoms with Crippen LogP contribution < -0.4 is 40.7 Å². The lowest BCUT2D eigenvalue weighted by atomic mass is 9.34. The summed E-state index contributed by atoms with van der Waals surface area (Å²) in [6.45, 7) is 9.09. The highest BCUT2D eigenvalue weighted by molar-refractivity contribution is 7.52. The average Bonchev–Trinajstić information content (AvgIpc) is 1.65. The number of hydrogen-bond acceptors (Lipinski definition) is 20. The Balaban J connectivity index is 0.630. The van der Waals surface area contributed by atoms with Crippen molar-refractivity contribution in [3.05, 3.63) is 114 Å². The minimum atomic E-state index is -3.99. The summed E-state index contributed by atoms with van der Waals surface area (Å²) in [4.78, 5) is 150. The molecule has 0 saturated heterocycles. The monoisotopic (exact) mass is 1600 g/mol. The van der Waals surface area contributed by atoms with Crippen LogP contribution in [0.5, 0.6) is 11.5 Å². The molecule has 11 rings (SSSR count). The molecule has 3 aliphatic carbocycles. The van der Waals surface area contributed by atoms with Crippen molar-refractivity contribution < 1.29 is 99.8 Å². The molecule has 30 nitrogen and oxygen atoms in total. The molecule has 6 N–H and O–H groups in total. The van der Waals surface area contributed by atoms with Crippen LogP contribution >= 0.6 is 30.8 Å². The maximum atomic E-state index is 15.0. The van der Waals surface area contributed by atoms with Gasteiger partial charge >= 0.3 is 25.8 Å². The van der Waals surface area contributed by atoms with E-state index in [1.807, 2.05) is 42.5 Å². The van der Waals surface area contributed by atoms with E-state index in [0.29, 0.717) is 118 Å². The molecule has 2 bridgehead atoms. The van der Waals surface area contributed by atoms with Crippen molar-refractivity contribution in [1.82, 2.24) is 25.3 Å². The molecule has 3 saturated carbocycles. The molecule has 0 spiro atoms. The summed E-state index contributed by atoms with van der Waals surface area (Å²) in [6.07, 6.45) is 2.28. The van der Waals surface area contributed by atoms with Gasteiger partial charge in [0.25, 0.3) is 11.8 Å². The third kappa shape index (κ3) is 21.5. The van der Waals surface area contributed by atoms with Crippen molar-refractivity contribution in [3.63, 3.8) is 0 Å². The lowest BCUT2D eigenvalue weighted by Gasteiger charge is -2.69. The van der Waals surface area contributed by atoms with Crippen LogP contribution in [-0.4, -0.2) is 236 Å². The Kier molecular flexibility index (Phi) is 29.8. The molecule has 0 aromatic heterocycles. The number of carbonyl (C=O) groups is 10. The number of carbonyl (C=O) groups excluding carboxylic acids is 10. The van der Waals surface area contributed by atoms with Crippen LogP contribution in [-0.2, 0) is 77.9 Å². The first-order chi connectivity index (χ1) is 53.2. The van der Waals surface area contributed by atoms with Crippen molar-refractivity contribution in [1.29, 1.82) is 0 Å². The van der Waals surface area contributed by atoms with Gasteiger partial charge < -0.3 is 88.6 Å². The first-order valence-corrected chi connectivity index (χ1v) is 40.3. The summed E-state index contributed by atoms with van der Waals surface area (Å²) in [6, 6.07) is 23.0. The number of ketones is 1. The van der Waals surface area contributed by atoms with Crippen molar-refractivity contribution in [2.24, 2.45) is 28.4 Å². The van der Waals surface area contributed by atoms with Gasteiger partial charge in [-0.15, -0.1) is 23.2 Å². The average molecular weight is 1600 g/mol. The largest absolute Gasteiger partial charge is 0.445 e. The Bertz CT molecular complexity index is 4260. The molecule has 33 heteroatoms. The number of halogens is 2. The number of benzene rings is 5. The molecule has 111 heavy (non-hydrogen) atoms. The van der Waals surface area contributed by atoms with Crippen LogP contribution in [0.1, 0.15) is 87.3 Å². The van der Waals surface area contributed by atoms with E-state index in [0.717, 1.165) is 33.5 Å². The van der Waals surface area contributed by atoms with E-state index in [4.69, 9.17) is 71.4 Å². The van der Waals surface area contributed by atoms with Crippen LogP contribution in [0.15, 0.2) is 97.1 Å². The maximum absolute atomic E-state index is 15.0. The van der Waals surface area contributed by atoms with Gasteiger partial charge in [-0.2, -0.15) is 0 Å². The second-order valence-electron chi connectivity index (χ2n) is 28.9. The lowest BCUT2D eigenvalue weighted by Crippen LogP contribution is -2.73. The summed E-state index contributed by atoms with van der Waals surface area (Å²) in [5.41, 5.74) is 7.47. The van der Waals surface area contributed by atoms with E-state index in [1.165, 1.54) is 36.0 Å². The highest BCUT2D eigenvalue weighted by atomic mass is 35.5. The van der Waals surface area contributed by atoms with Gasteiger partial charge in [-0.1, -0.05) is 74.5 Å². The molecule has 3 aliphatic heterocycles. The molecule has 3 heterocycles. The number of fused-ring (bicyclic) bond motifs is 6. The number of nitrogens with two attached hydrogens (primary N) is 1. The number of imide groups is 1. The van der Waals surface area contributed by atoms with E-state index in [1.54, 1.807) is 66.1 Å². The van der Waals surface area contributed by atoms with Gasteiger partial charge in [0.05, 0.1) is 114 Å². The van der Waals surface area contributed by atoms with E-state index in [-0.39, 0.29) is 155 Å². The molecular formula is C78H98Cl2N9O21P. The zero-order chi connectivity index (χ0) is 79.6. The van der Waals surface area contributed by atoms with Gasteiger partial charge in [0.2, 0.25) is 23.6 Å². The first kappa shape index (κ1) is 84.6. The van der Waals surface area contributed by atoms with Crippen LogP contribution in [0, 0.1) is 22.7 Å². The molecule has 3 fully saturated rings. The Morgan fingerprint density at radius 3 is 1.60 bits per heavy atom. The molecule has 5 aromatic rings. The molecule has 5 aromatic carbocycles. The number of anilines is 3. The Morgan fingerprint density at radius 1 is 0.649 bits per heavy atom. The Hall–Kier alpha value is -8.81. The molecule has 600 valence electrons. The van der Waals surface area contributed by atoms with Crippen LogP contribution in [0.3, 0.4) is 0 Å². The van der Waals surface area contributed by atoms with Crippen LogP contribution in [0.25, 0.3) is 21.5 Å². The van der Waals surface area contributed by atoms with Gasteiger partial charge in [0.1, 0.15) is 18.1 Å². The number of primary amides is 1. The molecule has 6 aliphatic rings. The Morgan fingerprint density at radius 2 is 1.12 bits per heavy atom. The molecule has 5 unspecified atom stereocenters. The molecule has 5 atom stereocenters. The highest BCUT2D eigenvalue weighted by Gasteiger charge is 2.76. The quantitative estimate of drug-likeness (QED) is 0.0105. The van der Waals surface area contributed by atoms with Crippen LogP contribution in [0.4, 0.5) is 31.4 Å². The van der Waals surface area contributed by atoms with Gasteiger partial charge in [-0.25, -0.2) is 18.9 Å². The van der Waals surface area contributed by atoms with Gasteiger partial charge in [-0.3, -0.25) is 38.5 Å². The number of nitrogens with zero attached hydrogens (tertiary/aromatic N) is 5. The summed E-state index contributed by atoms with van der Waals surface area (Å²) in [7, 11) is -0.935. The number of Topliss-reactive ketones (excluding diaryl/α,β-unsaturated/α-hetero) is 1. The third-order valence-corrected chi connectivity index (χ3v) is 21.7. The van der Waals surface area contributed by atoms with Crippen molar-refractivity contribution in [2.75, 3.05) is 166 Å². The molecule has 10 amide bonds. The molecular weight excluding hydrogens is 1500 g/mol. The van der Waals surface area contributed by atoms with E-state index < -0.39 is 60.4 Å². The minimum Gasteiger partial charge on any atom is -0.445 e. The summed E-state index contributed by atoms with van der Waals surface area (Å²) >= 11 is 13.2. The zero-order valence-corrected chi connectivity index (χ0v) is 65.5. The zero-order valence-electron chi connectivity index (χ0n) is 63.1. The topological polar surface area (TPSA) is 369 Å². The second kappa shape index (κ2) is 39.1. The second-order valence-corrected chi connectivity index (χ2v) is 31.3. The number of urea groups is 1. The fraction of sp³-hybridized carbons (Fsp3) is 0.513. The van der Waals surface area contributed by atoms with Gasteiger partial charge in [0, 0.05) is 137 Å². The minimum absolute atomic E-state index is 0.0284. The summed E-state index contributed by atoms with van der Waals surface area (Å²) < 4.78 is 62.9. The number of alkyl halides is 2. The standard InChI is InChI=1S/C78H98Cl2N9O21P/c1-50(2)70(84-65(91)22-27-102-29-31-104-33-35-106-37-38-107-36-34-105-32-30-103-28-26-87-66(92)20-21-67(87)93)62(90)39-52(11-10-23-82-74(81)97)71(94)83-55-18-16-51(17-19-55)46-108-75(98)85(3)24-25-86(4)76(99)109-63-40-60-68(58-14-8-6-12-56(58)63)53(42-79)44-88(60)72(95)77-47-78(48-77,49-77)73(96)89-45-54(43-80)69-59-15-9-7-13-57(59)64(41-61(69)89)110-111(5,100)101/h6-9,12-21,40-41,50,52-54,70H,10-11,22-39,42-49H2,1-5H3,(H,83,94)(H,84,91)(H,100,101)(H3,81,82,97). The summed E-state index contributed by atoms with van der Waals surface area (Å²) in [5, 5.41) is 11.0. The van der Waals surface area contributed by atoms with E-state index >= 15 is 0 Å². The smallest absolute Gasteiger partial charge is 0.415 e. The van der Waals surface area contributed by atoms with Gasteiger partial charge in [-0.05, 0) is 77.6 Å². The summed E-state index contributed by atoms with van der Waals surface area (Å²) in [5.74, 6) is -3.04. The maximum Gasteiger partial charge on any atom is 0.415 e. The Labute approximate surface area is 653 Å². The fourth-order valence-electron chi connectivity index (χ4n) is 14.8. The van der Waals surface area contributed by atoms with E-state index in [2.05, 4.69) is 16.0 Å². The number of nitrogens with one attached hydrogen (secondary N) is 3. The fourth-order valence-corrected chi connectivity index (χ4v) is 15.8. The predicted molar refractivity (Wildman–Crippen MR) is 413 cm³/mol. The number of amides is 10. The SMILES string of the molecule is CC(C)C(NC(=O)CCOCCOCCOCCOCCOCCOCCN1C(=O)C=CC1=O)C(=O)CC(CCCNC(N)=O)C(=O)Nc1ccc(COC(=O)N(C)CCN(C)C(=O)Oc2cc3c(c4ccccc24)C(CCl)CN3C(=O)C23CC(C(=O)N4CC(CCl)c5c4cc(OP(C)(=O)O)c4ccccc54)(C2)C3)cc1. The highest BCUT2D eigenvalue weighted by Crippen LogP contribution is 2.75. The van der Waals surface area contributed by atoms with Crippen molar-refractivity contribution >= 4 is 129 Å². The molecule has 0 radical (unpaired) electrons. The number of likely N-dealkylation sites (N-methyl/N-ethyl adjacent to an activating group) is 2. The van der Waals surface area contributed by atoms with Crippen molar-refractivity contribution in [3.8, 4) is 11.5 Å². The van der Waals surface area contributed by atoms with E-state index in [9.17, 15) is 57.4 Å². The lowest BCUT2D eigenvalue weighted by molar-refractivity contribution is -0.205. The number of hydrogen-bond donors (Lipinski definition) is 5. The predicted octanol–water partition coefficient (Wildman–Crippen LogP) is 8.61. The first-order valence-electron chi connectivity index (χ1n) is 37.2. The number of ether oxygens (including phenoxy) is 8. The van der Waals surface area contributed by atoms with Gasteiger partial charge in [0.15, 0.2) is 5.78 Å². The third-order valence-electron chi connectivity index (χ3n) is 20.4.